The summed E-state index contributed by atoms with van der Waals surface area (Å²) in [7, 11) is 0. The van der Waals surface area contributed by atoms with Gasteiger partial charge in [-0.2, -0.15) is 0 Å². The first-order chi connectivity index (χ1) is 9.67. The van der Waals surface area contributed by atoms with E-state index in [4.69, 9.17) is 5.73 Å². The standard InChI is InChI=1S/C17H26N2O/c18-15-4-5-16(20)14(12-15)13-19-10-8-17(9-11-19)6-2-1-3-7-17/h4-5,12,20H,1-3,6-11,13,18H2. The fourth-order valence-electron chi connectivity index (χ4n) is 3.96. The highest BCUT2D eigenvalue weighted by atomic mass is 16.3. The number of aromatic hydroxyl groups is 1. The second-order valence-corrected chi connectivity index (χ2v) is 6.72. The zero-order chi connectivity index (χ0) is 14.0. The Morgan fingerprint density at radius 3 is 2.45 bits per heavy atom. The lowest BCUT2D eigenvalue weighted by atomic mass is 9.68. The average molecular weight is 274 g/mol. The topological polar surface area (TPSA) is 49.5 Å². The van der Waals surface area contributed by atoms with Crippen LogP contribution in [0.25, 0.3) is 0 Å². The molecule has 0 amide bonds. The van der Waals surface area contributed by atoms with Gasteiger partial charge in [-0.05, 0) is 62.4 Å². The number of piperidine rings is 1. The van der Waals surface area contributed by atoms with E-state index in [0.29, 0.717) is 11.2 Å². The number of likely N-dealkylation sites (tertiary alicyclic amines) is 1. The number of phenols is 1. The molecule has 0 aromatic heterocycles. The van der Waals surface area contributed by atoms with Crippen molar-refractivity contribution in [3.8, 4) is 5.75 Å². The molecule has 1 spiro atoms. The molecule has 1 saturated carbocycles. The Morgan fingerprint density at radius 1 is 1.05 bits per heavy atom. The summed E-state index contributed by atoms with van der Waals surface area (Å²) in [5, 5.41) is 9.93. The predicted molar refractivity (Wildman–Crippen MR) is 82.5 cm³/mol. The van der Waals surface area contributed by atoms with E-state index in [1.54, 1.807) is 12.1 Å². The van der Waals surface area contributed by atoms with Crippen LogP contribution in [-0.2, 0) is 6.54 Å². The van der Waals surface area contributed by atoms with E-state index >= 15 is 0 Å². The highest BCUT2D eigenvalue weighted by Gasteiger charge is 2.35. The van der Waals surface area contributed by atoms with Gasteiger partial charge in [0.1, 0.15) is 5.75 Å². The molecule has 0 unspecified atom stereocenters. The molecular formula is C17H26N2O. The summed E-state index contributed by atoms with van der Waals surface area (Å²) in [6.45, 7) is 3.15. The summed E-state index contributed by atoms with van der Waals surface area (Å²) in [6.07, 6.45) is 9.82. The molecule has 1 aromatic carbocycles. The summed E-state index contributed by atoms with van der Waals surface area (Å²) < 4.78 is 0. The Labute approximate surface area is 121 Å². The number of nitrogens with zero attached hydrogens (tertiary/aromatic N) is 1. The van der Waals surface area contributed by atoms with E-state index in [2.05, 4.69) is 4.90 Å². The molecule has 110 valence electrons. The summed E-state index contributed by atoms with van der Waals surface area (Å²) in [4.78, 5) is 2.47. The minimum atomic E-state index is 0.372. The van der Waals surface area contributed by atoms with Gasteiger partial charge in [0, 0.05) is 17.8 Å². The summed E-state index contributed by atoms with van der Waals surface area (Å²) in [5.74, 6) is 0.372. The molecule has 2 aliphatic rings. The number of nitrogen functional groups attached to an aromatic ring is 1. The maximum absolute atomic E-state index is 9.93. The molecule has 0 bridgehead atoms. The first-order valence-corrected chi connectivity index (χ1v) is 7.97. The van der Waals surface area contributed by atoms with E-state index in [1.807, 2.05) is 6.07 Å². The van der Waals surface area contributed by atoms with Crippen molar-refractivity contribution >= 4 is 5.69 Å². The maximum atomic E-state index is 9.93. The van der Waals surface area contributed by atoms with Crippen molar-refractivity contribution in [2.75, 3.05) is 18.8 Å². The van der Waals surface area contributed by atoms with E-state index < -0.39 is 0 Å². The van der Waals surface area contributed by atoms with Gasteiger partial charge < -0.3 is 10.8 Å². The molecule has 1 aromatic rings. The molecule has 1 aliphatic heterocycles. The van der Waals surface area contributed by atoms with Crippen molar-refractivity contribution in [3.63, 3.8) is 0 Å². The Balaban J connectivity index is 1.59. The Morgan fingerprint density at radius 2 is 1.75 bits per heavy atom. The monoisotopic (exact) mass is 274 g/mol. The molecule has 0 radical (unpaired) electrons. The van der Waals surface area contributed by atoms with Gasteiger partial charge >= 0.3 is 0 Å². The van der Waals surface area contributed by atoms with Crippen LogP contribution in [0.2, 0.25) is 0 Å². The number of rotatable bonds is 2. The van der Waals surface area contributed by atoms with Crippen LogP contribution in [0.1, 0.15) is 50.5 Å². The maximum Gasteiger partial charge on any atom is 0.120 e. The fourth-order valence-corrected chi connectivity index (χ4v) is 3.96. The SMILES string of the molecule is Nc1ccc(O)c(CN2CCC3(CCCCC3)CC2)c1. The van der Waals surface area contributed by atoms with E-state index in [-0.39, 0.29) is 0 Å². The third-order valence-corrected chi connectivity index (χ3v) is 5.33. The van der Waals surface area contributed by atoms with Crippen LogP contribution in [0.15, 0.2) is 18.2 Å². The van der Waals surface area contributed by atoms with Crippen molar-refractivity contribution in [2.24, 2.45) is 5.41 Å². The molecule has 3 N–H and O–H groups in total. The quantitative estimate of drug-likeness (QED) is 0.641. The van der Waals surface area contributed by atoms with Gasteiger partial charge in [-0.3, -0.25) is 4.90 Å². The molecule has 3 rings (SSSR count). The number of phenolic OH excluding ortho intramolecular Hbond substituents is 1. The Hall–Kier alpha value is -1.22. The summed E-state index contributed by atoms with van der Waals surface area (Å²) in [5.41, 5.74) is 8.16. The zero-order valence-electron chi connectivity index (χ0n) is 12.3. The number of nitrogens with two attached hydrogens (primary N) is 1. The van der Waals surface area contributed by atoms with Crippen LogP contribution >= 0.6 is 0 Å². The third-order valence-electron chi connectivity index (χ3n) is 5.33. The van der Waals surface area contributed by atoms with Crippen molar-refractivity contribution < 1.29 is 5.11 Å². The molecule has 3 nitrogen and oxygen atoms in total. The van der Waals surface area contributed by atoms with E-state index in [0.717, 1.165) is 30.9 Å². The fraction of sp³-hybridized carbons (Fsp3) is 0.647. The van der Waals surface area contributed by atoms with Crippen molar-refractivity contribution in [2.45, 2.75) is 51.5 Å². The van der Waals surface area contributed by atoms with Crippen molar-refractivity contribution in [3.05, 3.63) is 23.8 Å². The van der Waals surface area contributed by atoms with Crippen molar-refractivity contribution in [1.82, 2.24) is 4.90 Å². The largest absolute Gasteiger partial charge is 0.508 e. The third kappa shape index (κ3) is 2.93. The van der Waals surface area contributed by atoms with Crippen LogP contribution in [0.3, 0.4) is 0 Å². The highest BCUT2D eigenvalue weighted by Crippen LogP contribution is 2.44. The molecule has 20 heavy (non-hydrogen) atoms. The Kier molecular flexibility index (Phi) is 3.88. The van der Waals surface area contributed by atoms with E-state index in [1.165, 1.54) is 44.9 Å². The molecule has 1 saturated heterocycles. The van der Waals surface area contributed by atoms with Gasteiger partial charge in [-0.15, -0.1) is 0 Å². The average Bonchev–Trinajstić information content (AvgIpc) is 2.47. The highest BCUT2D eigenvalue weighted by molar-refractivity contribution is 5.47. The first kappa shape index (κ1) is 13.7. The second-order valence-electron chi connectivity index (χ2n) is 6.72. The van der Waals surface area contributed by atoms with Gasteiger partial charge in [0.2, 0.25) is 0 Å². The van der Waals surface area contributed by atoms with Gasteiger partial charge in [0.15, 0.2) is 0 Å². The normalized spacial score (nSPS) is 23.0. The summed E-state index contributed by atoms with van der Waals surface area (Å²) in [6, 6.07) is 5.36. The number of hydrogen-bond donors (Lipinski definition) is 2. The lowest BCUT2D eigenvalue weighted by Crippen LogP contribution is -2.40. The van der Waals surface area contributed by atoms with E-state index in [9.17, 15) is 5.11 Å². The van der Waals surface area contributed by atoms with Crippen LogP contribution in [0.4, 0.5) is 5.69 Å². The van der Waals surface area contributed by atoms with Crippen LogP contribution in [-0.4, -0.2) is 23.1 Å². The smallest absolute Gasteiger partial charge is 0.120 e. The van der Waals surface area contributed by atoms with Crippen LogP contribution in [0, 0.1) is 5.41 Å². The first-order valence-electron chi connectivity index (χ1n) is 7.97. The van der Waals surface area contributed by atoms with Gasteiger partial charge in [-0.25, -0.2) is 0 Å². The lowest BCUT2D eigenvalue weighted by Gasteiger charge is -2.44. The zero-order valence-corrected chi connectivity index (χ0v) is 12.3. The lowest BCUT2D eigenvalue weighted by molar-refractivity contribution is 0.0638. The van der Waals surface area contributed by atoms with Crippen molar-refractivity contribution in [1.29, 1.82) is 0 Å². The minimum Gasteiger partial charge on any atom is -0.508 e. The van der Waals surface area contributed by atoms with Gasteiger partial charge in [-0.1, -0.05) is 19.3 Å². The molecule has 1 heterocycles. The van der Waals surface area contributed by atoms with Gasteiger partial charge in [0.25, 0.3) is 0 Å². The molecule has 1 aliphatic carbocycles. The summed E-state index contributed by atoms with van der Waals surface area (Å²) >= 11 is 0. The second kappa shape index (κ2) is 5.65. The molecule has 2 fully saturated rings. The Bertz CT molecular complexity index is 456. The molecular weight excluding hydrogens is 248 g/mol. The minimum absolute atomic E-state index is 0.372. The molecule has 0 atom stereocenters. The predicted octanol–water partition coefficient (Wildman–Crippen LogP) is 3.52. The van der Waals surface area contributed by atoms with Crippen LogP contribution in [0.5, 0.6) is 5.75 Å². The number of anilines is 1. The van der Waals surface area contributed by atoms with Gasteiger partial charge in [0.05, 0.1) is 0 Å². The van der Waals surface area contributed by atoms with Crippen LogP contribution < -0.4 is 5.73 Å². The number of benzene rings is 1. The molecule has 3 heteroatoms. The number of hydrogen-bond acceptors (Lipinski definition) is 3.